The lowest BCUT2D eigenvalue weighted by atomic mass is 9.81. The van der Waals surface area contributed by atoms with Gasteiger partial charge in [-0.25, -0.2) is 4.99 Å². The SMILES string of the molecule is C=CCOC(=O)C1C(C)=NC(S)=C(C#N)[C@@H]1c1cccs1. The number of nitrogens with zero attached hydrogens (tertiary/aromatic N) is 2. The molecule has 4 nitrogen and oxygen atoms in total. The van der Waals surface area contributed by atoms with Crippen LogP contribution in [0.25, 0.3) is 0 Å². The fourth-order valence-electron chi connectivity index (χ4n) is 2.28. The molecule has 108 valence electrons. The molecule has 0 spiro atoms. The molecular formula is C15H14N2O2S2. The summed E-state index contributed by atoms with van der Waals surface area (Å²) < 4.78 is 5.17. The fraction of sp³-hybridized carbons (Fsp3) is 0.267. The van der Waals surface area contributed by atoms with Crippen LogP contribution in [-0.4, -0.2) is 18.3 Å². The Morgan fingerprint density at radius 3 is 3.05 bits per heavy atom. The molecule has 0 N–H and O–H groups in total. The van der Waals surface area contributed by atoms with Gasteiger partial charge in [-0.3, -0.25) is 4.79 Å². The molecular weight excluding hydrogens is 304 g/mol. The minimum absolute atomic E-state index is 0.138. The van der Waals surface area contributed by atoms with Crippen molar-refractivity contribution in [3.05, 3.63) is 45.6 Å². The Morgan fingerprint density at radius 1 is 1.71 bits per heavy atom. The van der Waals surface area contributed by atoms with Crippen LogP contribution in [0.15, 0.2) is 45.8 Å². The number of ether oxygens (including phenoxy) is 1. The zero-order valence-electron chi connectivity index (χ0n) is 11.4. The zero-order valence-corrected chi connectivity index (χ0v) is 13.2. The molecule has 1 aliphatic heterocycles. The third-order valence-electron chi connectivity index (χ3n) is 3.19. The van der Waals surface area contributed by atoms with Crippen LogP contribution in [0, 0.1) is 17.2 Å². The van der Waals surface area contributed by atoms with Gasteiger partial charge >= 0.3 is 5.97 Å². The summed E-state index contributed by atoms with van der Waals surface area (Å²) in [7, 11) is 0. The summed E-state index contributed by atoms with van der Waals surface area (Å²) in [4.78, 5) is 17.5. The van der Waals surface area contributed by atoms with E-state index in [9.17, 15) is 10.1 Å². The van der Waals surface area contributed by atoms with Crippen LogP contribution in [0.3, 0.4) is 0 Å². The van der Waals surface area contributed by atoms with E-state index in [0.717, 1.165) is 4.88 Å². The number of carbonyl (C=O) groups excluding carboxylic acids is 1. The van der Waals surface area contributed by atoms with E-state index in [1.165, 1.54) is 17.4 Å². The van der Waals surface area contributed by atoms with Crippen LogP contribution >= 0.6 is 24.0 Å². The Morgan fingerprint density at radius 2 is 2.48 bits per heavy atom. The molecule has 6 heteroatoms. The van der Waals surface area contributed by atoms with Gasteiger partial charge in [-0.05, 0) is 18.4 Å². The quantitative estimate of drug-likeness (QED) is 0.526. The number of aliphatic imine (C=N–C) groups is 1. The Bertz CT molecular complexity index is 654. The number of allylic oxidation sites excluding steroid dienone is 1. The molecule has 2 atom stereocenters. The van der Waals surface area contributed by atoms with Crippen molar-refractivity contribution in [1.82, 2.24) is 0 Å². The van der Waals surface area contributed by atoms with E-state index >= 15 is 0 Å². The number of hydrogen-bond acceptors (Lipinski definition) is 6. The van der Waals surface area contributed by atoms with Crippen molar-refractivity contribution in [3.63, 3.8) is 0 Å². The molecule has 0 aromatic carbocycles. The number of thiol groups is 1. The highest BCUT2D eigenvalue weighted by Crippen LogP contribution is 2.41. The third kappa shape index (κ3) is 3.09. The van der Waals surface area contributed by atoms with E-state index in [0.29, 0.717) is 16.3 Å². The Hall–Kier alpha value is -1.84. The smallest absolute Gasteiger partial charge is 0.316 e. The Kier molecular flexibility index (Phi) is 4.99. The number of hydrogen-bond donors (Lipinski definition) is 1. The highest BCUT2D eigenvalue weighted by atomic mass is 32.1. The zero-order chi connectivity index (χ0) is 15.4. The van der Waals surface area contributed by atoms with E-state index in [2.05, 4.69) is 30.3 Å². The monoisotopic (exact) mass is 318 g/mol. The maximum absolute atomic E-state index is 12.3. The van der Waals surface area contributed by atoms with Gasteiger partial charge < -0.3 is 4.74 Å². The maximum atomic E-state index is 12.3. The van der Waals surface area contributed by atoms with Gasteiger partial charge in [-0.15, -0.1) is 24.0 Å². The van der Waals surface area contributed by atoms with Gasteiger partial charge in [-0.1, -0.05) is 18.7 Å². The van der Waals surface area contributed by atoms with E-state index < -0.39 is 17.8 Å². The number of nitriles is 1. The number of rotatable bonds is 4. The topological polar surface area (TPSA) is 62.4 Å². The second-order valence-electron chi connectivity index (χ2n) is 4.49. The van der Waals surface area contributed by atoms with Gasteiger partial charge in [-0.2, -0.15) is 5.26 Å². The first-order valence-corrected chi connectivity index (χ1v) is 7.62. The summed E-state index contributed by atoms with van der Waals surface area (Å²) in [6.07, 6.45) is 1.51. The lowest BCUT2D eigenvalue weighted by Crippen LogP contribution is -2.33. The molecule has 0 amide bonds. The summed E-state index contributed by atoms with van der Waals surface area (Å²) >= 11 is 5.77. The van der Waals surface area contributed by atoms with Crippen LogP contribution < -0.4 is 0 Å². The molecule has 2 rings (SSSR count). The minimum atomic E-state index is -0.603. The van der Waals surface area contributed by atoms with E-state index in [4.69, 9.17) is 4.74 Å². The summed E-state index contributed by atoms with van der Waals surface area (Å²) in [5.41, 5.74) is 0.999. The van der Waals surface area contributed by atoms with Crippen molar-refractivity contribution >= 4 is 35.6 Å². The molecule has 0 bridgehead atoms. The lowest BCUT2D eigenvalue weighted by Gasteiger charge is -2.28. The number of thiophene rings is 1. The van der Waals surface area contributed by atoms with Gasteiger partial charge in [0.1, 0.15) is 17.6 Å². The molecule has 0 aliphatic carbocycles. The Balaban J connectivity index is 2.47. The van der Waals surface area contributed by atoms with Gasteiger partial charge in [0.15, 0.2) is 0 Å². The average molecular weight is 318 g/mol. The van der Waals surface area contributed by atoms with Crippen LogP contribution in [-0.2, 0) is 9.53 Å². The van der Waals surface area contributed by atoms with Gasteiger partial charge in [0, 0.05) is 16.5 Å². The summed E-state index contributed by atoms with van der Waals surface area (Å²) in [5.74, 6) is -1.39. The Labute approximate surface area is 132 Å². The number of esters is 1. The fourth-order valence-corrected chi connectivity index (χ4v) is 3.49. The van der Waals surface area contributed by atoms with Crippen molar-refractivity contribution < 1.29 is 9.53 Å². The first-order valence-electron chi connectivity index (χ1n) is 6.29. The lowest BCUT2D eigenvalue weighted by molar-refractivity contribution is -0.145. The van der Waals surface area contributed by atoms with Crippen LogP contribution in [0.4, 0.5) is 0 Å². The van der Waals surface area contributed by atoms with E-state index in [-0.39, 0.29) is 6.61 Å². The highest BCUT2D eigenvalue weighted by molar-refractivity contribution is 7.84. The molecule has 1 aromatic heterocycles. The highest BCUT2D eigenvalue weighted by Gasteiger charge is 2.40. The average Bonchev–Trinajstić information content (AvgIpc) is 2.97. The van der Waals surface area contributed by atoms with Crippen LogP contribution in [0.1, 0.15) is 17.7 Å². The van der Waals surface area contributed by atoms with Crippen molar-refractivity contribution in [2.24, 2.45) is 10.9 Å². The van der Waals surface area contributed by atoms with Crippen LogP contribution in [0.5, 0.6) is 0 Å². The van der Waals surface area contributed by atoms with Gasteiger partial charge in [0.25, 0.3) is 0 Å². The summed E-state index contributed by atoms with van der Waals surface area (Å²) in [6, 6.07) is 5.92. The second kappa shape index (κ2) is 6.74. The molecule has 1 unspecified atom stereocenters. The normalized spacial score (nSPS) is 21.5. The first kappa shape index (κ1) is 15.5. The third-order valence-corrected chi connectivity index (χ3v) is 4.48. The minimum Gasteiger partial charge on any atom is -0.461 e. The van der Waals surface area contributed by atoms with Crippen molar-refractivity contribution in [2.75, 3.05) is 6.61 Å². The van der Waals surface area contributed by atoms with Gasteiger partial charge in [0.2, 0.25) is 0 Å². The maximum Gasteiger partial charge on any atom is 0.316 e. The second-order valence-corrected chi connectivity index (χ2v) is 5.89. The molecule has 0 fully saturated rings. The van der Waals surface area contributed by atoms with Crippen molar-refractivity contribution in [2.45, 2.75) is 12.8 Å². The largest absolute Gasteiger partial charge is 0.461 e. The molecule has 1 aliphatic rings. The predicted octanol–water partition coefficient (Wildman–Crippen LogP) is 3.32. The molecule has 0 saturated carbocycles. The standard InChI is InChI=1S/C15H14N2O2S2/c1-3-6-19-15(18)12-9(2)17-14(20)10(8-16)13(12)11-5-4-7-21-11/h3-5,7,12-13,20H,1,6H2,2H3/t12?,13-/m1/s1. The molecule has 1 aromatic rings. The number of carbonyl (C=O) groups is 1. The molecule has 0 saturated heterocycles. The van der Waals surface area contributed by atoms with Crippen molar-refractivity contribution in [1.29, 1.82) is 5.26 Å². The van der Waals surface area contributed by atoms with Gasteiger partial charge in [0.05, 0.1) is 11.6 Å². The molecule has 0 radical (unpaired) electrons. The van der Waals surface area contributed by atoms with Crippen molar-refractivity contribution in [3.8, 4) is 6.07 Å². The predicted molar refractivity (Wildman–Crippen MR) is 86.4 cm³/mol. The van der Waals surface area contributed by atoms with Crippen LogP contribution in [0.2, 0.25) is 0 Å². The summed E-state index contributed by atoms with van der Waals surface area (Å²) in [5, 5.41) is 11.7. The van der Waals surface area contributed by atoms with E-state index in [1.54, 1.807) is 6.92 Å². The summed E-state index contributed by atoms with van der Waals surface area (Å²) in [6.45, 7) is 5.42. The molecule has 2 heterocycles. The van der Waals surface area contributed by atoms with E-state index in [1.807, 2.05) is 17.5 Å². The first-order chi connectivity index (χ1) is 10.1. The molecule has 21 heavy (non-hydrogen) atoms.